The van der Waals surface area contributed by atoms with Gasteiger partial charge in [0.1, 0.15) is 21.2 Å². The largest absolute Gasteiger partial charge is 0.337 e. The van der Waals surface area contributed by atoms with E-state index in [0.29, 0.717) is 5.82 Å². The zero-order valence-electron chi connectivity index (χ0n) is 15.0. The zero-order chi connectivity index (χ0) is 19.0. The summed E-state index contributed by atoms with van der Waals surface area (Å²) in [5.74, 6) is 1.07. The molecular formula is C19H18N4OS3. The third-order valence-electron chi connectivity index (χ3n) is 4.66. The van der Waals surface area contributed by atoms with Gasteiger partial charge in [-0.3, -0.25) is 4.79 Å². The average Bonchev–Trinajstić information content (AvgIpc) is 3.21. The van der Waals surface area contributed by atoms with Crippen LogP contribution in [0.4, 0.5) is 0 Å². The van der Waals surface area contributed by atoms with E-state index in [-0.39, 0.29) is 17.6 Å². The third-order valence-corrected chi connectivity index (χ3v) is 7.41. The minimum atomic E-state index is -0.765. The van der Waals surface area contributed by atoms with Crippen molar-refractivity contribution in [2.75, 3.05) is 5.75 Å². The van der Waals surface area contributed by atoms with Gasteiger partial charge in [0.15, 0.2) is 0 Å². The number of amides is 1. The highest BCUT2D eigenvalue weighted by molar-refractivity contribution is 8.00. The van der Waals surface area contributed by atoms with Crippen LogP contribution >= 0.6 is 34.4 Å². The lowest BCUT2D eigenvalue weighted by Gasteiger charge is -2.22. The Labute approximate surface area is 169 Å². The van der Waals surface area contributed by atoms with Crippen molar-refractivity contribution in [1.29, 1.82) is 5.26 Å². The van der Waals surface area contributed by atoms with Crippen LogP contribution < -0.4 is 5.32 Å². The molecule has 138 valence electrons. The van der Waals surface area contributed by atoms with Crippen molar-refractivity contribution in [3.8, 4) is 16.5 Å². The molecule has 3 heterocycles. The number of thiophene rings is 2. The molecule has 1 aliphatic rings. The molecule has 27 heavy (non-hydrogen) atoms. The Balaban J connectivity index is 1.57. The maximum absolute atomic E-state index is 12.5. The predicted molar refractivity (Wildman–Crippen MR) is 111 cm³/mol. The minimum absolute atomic E-state index is 0.131. The summed E-state index contributed by atoms with van der Waals surface area (Å²) in [5, 5.41) is 18.3. The van der Waals surface area contributed by atoms with E-state index in [1.54, 1.807) is 22.7 Å². The van der Waals surface area contributed by atoms with E-state index in [1.165, 1.54) is 16.6 Å². The van der Waals surface area contributed by atoms with Crippen LogP contribution in [0.2, 0.25) is 0 Å². The second-order valence-electron chi connectivity index (χ2n) is 6.81. The number of fused-ring (bicyclic) bond motifs is 1. The van der Waals surface area contributed by atoms with Crippen molar-refractivity contribution in [3.63, 3.8) is 0 Å². The summed E-state index contributed by atoms with van der Waals surface area (Å²) in [6, 6.07) is 6.38. The van der Waals surface area contributed by atoms with Crippen LogP contribution in [0.1, 0.15) is 25.6 Å². The van der Waals surface area contributed by atoms with Gasteiger partial charge >= 0.3 is 0 Å². The first-order valence-corrected chi connectivity index (χ1v) is 11.4. The average molecular weight is 415 g/mol. The van der Waals surface area contributed by atoms with Crippen molar-refractivity contribution in [2.24, 2.45) is 5.92 Å². The topological polar surface area (TPSA) is 78.7 Å². The number of hydrogen-bond donors (Lipinski definition) is 1. The van der Waals surface area contributed by atoms with Gasteiger partial charge in [-0.1, -0.05) is 17.8 Å². The van der Waals surface area contributed by atoms with Gasteiger partial charge in [-0.25, -0.2) is 9.97 Å². The molecule has 0 aliphatic heterocycles. The summed E-state index contributed by atoms with van der Waals surface area (Å²) >= 11 is 4.69. The molecule has 0 unspecified atom stereocenters. The van der Waals surface area contributed by atoms with E-state index < -0.39 is 5.54 Å². The van der Waals surface area contributed by atoms with Crippen LogP contribution in [0.25, 0.3) is 20.7 Å². The highest BCUT2D eigenvalue weighted by Crippen LogP contribution is 2.41. The van der Waals surface area contributed by atoms with Crippen molar-refractivity contribution in [3.05, 3.63) is 28.7 Å². The molecule has 0 bridgehead atoms. The van der Waals surface area contributed by atoms with Gasteiger partial charge in [-0.15, -0.1) is 22.7 Å². The quantitative estimate of drug-likeness (QED) is 0.470. The van der Waals surface area contributed by atoms with Gasteiger partial charge in [0.2, 0.25) is 5.91 Å². The monoisotopic (exact) mass is 414 g/mol. The Morgan fingerprint density at radius 3 is 2.93 bits per heavy atom. The van der Waals surface area contributed by atoms with Crippen molar-refractivity contribution in [2.45, 2.75) is 37.3 Å². The van der Waals surface area contributed by atoms with E-state index in [1.807, 2.05) is 19.9 Å². The van der Waals surface area contributed by atoms with Crippen LogP contribution in [-0.4, -0.2) is 27.2 Å². The Morgan fingerprint density at radius 2 is 2.26 bits per heavy atom. The Morgan fingerprint density at radius 1 is 1.44 bits per heavy atom. The van der Waals surface area contributed by atoms with E-state index in [0.717, 1.165) is 33.6 Å². The van der Waals surface area contributed by atoms with Crippen LogP contribution in [0.15, 0.2) is 27.9 Å². The molecule has 1 saturated carbocycles. The van der Waals surface area contributed by atoms with Crippen molar-refractivity contribution < 1.29 is 4.79 Å². The van der Waals surface area contributed by atoms with E-state index in [4.69, 9.17) is 0 Å². The molecule has 0 radical (unpaired) electrons. The first-order valence-electron chi connectivity index (χ1n) is 8.65. The fourth-order valence-corrected chi connectivity index (χ4v) is 5.83. The van der Waals surface area contributed by atoms with E-state index in [2.05, 4.69) is 38.2 Å². The van der Waals surface area contributed by atoms with Gasteiger partial charge in [0, 0.05) is 15.8 Å². The van der Waals surface area contributed by atoms with Gasteiger partial charge < -0.3 is 5.32 Å². The number of nitrogens with one attached hydrogen (secondary N) is 1. The normalized spacial score (nSPS) is 16.0. The van der Waals surface area contributed by atoms with Crippen molar-refractivity contribution >= 4 is 50.6 Å². The molecule has 3 aromatic heterocycles. The first kappa shape index (κ1) is 18.4. The number of aryl methyl sites for hydroxylation is 1. The molecule has 0 spiro atoms. The molecule has 3 aromatic rings. The van der Waals surface area contributed by atoms with Crippen LogP contribution in [0.3, 0.4) is 0 Å². The first-order chi connectivity index (χ1) is 13.0. The standard InChI is InChI=1S/C19H18N4OS3/c1-11-21-17-16(13(8-26-17)14-4-3-7-25-14)18(22-11)27-9-15(24)23-19(2,10-20)12-5-6-12/h3-4,7-8,12H,5-6,9H2,1-2H3,(H,23,24)/t19-/m1/s1. The summed E-state index contributed by atoms with van der Waals surface area (Å²) in [7, 11) is 0. The molecule has 1 aliphatic carbocycles. The molecule has 1 atom stereocenters. The van der Waals surface area contributed by atoms with Crippen LogP contribution in [0.5, 0.6) is 0 Å². The number of nitrogens with zero attached hydrogens (tertiary/aromatic N) is 3. The number of carbonyl (C=O) groups is 1. The second kappa shape index (κ2) is 7.23. The van der Waals surface area contributed by atoms with Crippen molar-refractivity contribution in [1.82, 2.24) is 15.3 Å². The summed E-state index contributed by atoms with van der Waals surface area (Å²) in [5.41, 5.74) is 0.353. The molecule has 0 saturated heterocycles. The Hall–Kier alpha value is -1.95. The van der Waals surface area contributed by atoms with Gasteiger partial charge in [-0.05, 0) is 44.1 Å². The second-order valence-corrected chi connectivity index (χ2v) is 9.58. The molecular weight excluding hydrogens is 396 g/mol. The van der Waals surface area contributed by atoms with Crippen LogP contribution in [0, 0.1) is 24.2 Å². The fourth-order valence-electron chi connectivity index (χ4n) is 3.07. The highest BCUT2D eigenvalue weighted by Gasteiger charge is 2.42. The smallest absolute Gasteiger partial charge is 0.231 e. The third kappa shape index (κ3) is 3.72. The minimum Gasteiger partial charge on any atom is -0.337 e. The number of thioether (sulfide) groups is 1. The zero-order valence-corrected chi connectivity index (χ0v) is 17.4. The number of carbonyl (C=O) groups excluding carboxylic acids is 1. The predicted octanol–water partition coefficient (Wildman–Crippen LogP) is 4.63. The highest BCUT2D eigenvalue weighted by atomic mass is 32.2. The molecule has 8 heteroatoms. The summed E-state index contributed by atoms with van der Waals surface area (Å²) in [4.78, 5) is 23.7. The SMILES string of the molecule is Cc1nc(SCC(=O)N[C@](C)(C#N)C2CC2)c2c(-c3cccs3)csc2n1. The number of nitriles is 1. The molecule has 0 aromatic carbocycles. The molecule has 1 N–H and O–H groups in total. The maximum atomic E-state index is 12.5. The van der Waals surface area contributed by atoms with E-state index in [9.17, 15) is 10.1 Å². The molecule has 1 fully saturated rings. The lowest BCUT2D eigenvalue weighted by atomic mass is 9.98. The number of rotatable bonds is 6. The Bertz CT molecular complexity index is 1030. The van der Waals surface area contributed by atoms with E-state index >= 15 is 0 Å². The summed E-state index contributed by atoms with van der Waals surface area (Å²) < 4.78 is 0. The van der Waals surface area contributed by atoms with Gasteiger partial charge in [0.25, 0.3) is 0 Å². The molecule has 4 rings (SSSR count). The van der Waals surface area contributed by atoms with Gasteiger partial charge in [-0.2, -0.15) is 5.26 Å². The van der Waals surface area contributed by atoms with Gasteiger partial charge in [0.05, 0.1) is 17.2 Å². The number of hydrogen-bond acceptors (Lipinski definition) is 7. The number of aromatic nitrogens is 2. The Kier molecular flexibility index (Phi) is 4.93. The lowest BCUT2D eigenvalue weighted by molar-refractivity contribution is -0.119. The maximum Gasteiger partial charge on any atom is 0.231 e. The molecule has 5 nitrogen and oxygen atoms in total. The summed E-state index contributed by atoms with van der Waals surface area (Å²) in [6.45, 7) is 3.68. The lowest BCUT2D eigenvalue weighted by Crippen LogP contribution is -2.47. The molecule has 1 amide bonds. The summed E-state index contributed by atoms with van der Waals surface area (Å²) in [6.07, 6.45) is 2.00. The van der Waals surface area contributed by atoms with Crippen LogP contribution in [-0.2, 0) is 4.79 Å². The fraction of sp³-hybridized carbons (Fsp3) is 0.368.